The number of para-hydroxylation sites is 1. The molecule has 1 atom stereocenters. The van der Waals surface area contributed by atoms with E-state index in [1.54, 1.807) is 0 Å². The van der Waals surface area contributed by atoms with E-state index in [2.05, 4.69) is 49.5 Å². The molecule has 3 nitrogen and oxygen atoms in total. The maximum atomic E-state index is 4.45. The zero-order valence-electron chi connectivity index (χ0n) is 11.3. The third-order valence-corrected chi connectivity index (χ3v) is 3.07. The number of hydrogen-bond donors (Lipinski definition) is 1. The van der Waals surface area contributed by atoms with Crippen molar-refractivity contribution in [1.82, 2.24) is 15.1 Å². The van der Waals surface area contributed by atoms with Crippen molar-refractivity contribution in [3.63, 3.8) is 0 Å². The molecule has 0 saturated heterocycles. The van der Waals surface area contributed by atoms with Gasteiger partial charge in [-0.15, -0.1) is 0 Å². The second-order valence-electron chi connectivity index (χ2n) is 4.83. The van der Waals surface area contributed by atoms with Crippen LogP contribution in [0.15, 0.2) is 42.7 Å². The standard InChI is InChI=1S/C15H21N3/c1-4-16-15(12(2)3)13-10-17-18(11-13)14-8-6-5-7-9-14/h5-12,15-16H,4H2,1-3H3. The topological polar surface area (TPSA) is 29.9 Å². The molecule has 0 radical (unpaired) electrons. The molecule has 1 aromatic carbocycles. The minimum Gasteiger partial charge on any atom is -0.310 e. The molecule has 0 spiro atoms. The SMILES string of the molecule is CCNC(c1cnn(-c2ccccc2)c1)C(C)C. The van der Waals surface area contributed by atoms with Crippen molar-refractivity contribution in [1.29, 1.82) is 0 Å². The summed E-state index contributed by atoms with van der Waals surface area (Å²) in [6, 6.07) is 10.6. The normalized spacial score (nSPS) is 12.9. The van der Waals surface area contributed by atoms with Gasteiger partial charge in [0, 0.05) is 17.8 Å². The van der Waals surface area contributed by atoms with Crippen molar-refractivity contribution < 1.29 is 0 Å². The lowest BCUT2D eigenvalue weighted by atomic mass is 9.99. The third-order valence-electron chi connectivity index (χ3n) is 3.07. The van der Waals surface area contributed by atoms with Crippen molar-refractivity contribution in [3.05, 3.63) is 48.3 Å². The Bertz CT molecular complexity index is 473. The molecule has 1 unspecified atom stereocenters. The number of nitrogens with one attached hydrogen (secondary N) is 1. The zero-order chi connectivity index (χ0) is 13.0. The maximum Gasteiger partial charge on any atom is 0.0645 e. The van der Waals surface area contributed by atoms with Gasteiger partial charge in [-0.3, -0.25) is 0 Å². The number of aromatic nitrogens is 2. The summed E-state index contributed by atoms with van der Waals surface area (Å²) in [7, 11) is 0. The van der Waals surface area contributed by atoms with E-state index in [1.807, 2.05) is 29.1 Å². The van der Waals surface area contributed by atoms with Crippen molar-refractivity contribution in [3.8, 4) is 5.69 Å². The van der Waals surface area contributed by atoms with Crippen molar-refractivity contribution in [2.75, 3.05) is 6.54 Å². The fraction of sp³-hybridized carbons (Fsp3) is 0.400. The molecule has 0 fully saturated rings. The van der Waals surface area contributed by atoms with E-state index < -0.39 is 0 Å². The van der Waals surface area contributed by atoms with E-state index in [0.29, 0.717) is 12.0 Å². The zero-order valence-corrected chi connectivity index (χ0v) is 11.3. The average molecular weight is 243 g/mol. The molecule has 96 valence electrons. The quantitative estimate of drug-likeness (QED) is 0.874. The lowest BCUT2D eigenvalue weighted by molar-refractivity contribution is 0.421. The molecule has 0 bridgehead atoms. The molecule has 0 aliphatic rings. The van der Waals surface area contributed by atoms with Gasteiger partial charge in [0.25, 0.3) is 0 Å². The highest BCUT2D eigenvalue weighted by atomic mass is 15.3. The fourth-order valence-electron chi connectivity index (χ4n) is 2.18. The highest BCUT2D eigenvalue weighted by Gasteiger charge is 2.16. The summed E-state index contributed by atoms with van der Waals surface area (Å²) in [6.45, 7) is 7.57. The molecular weight excluding hydrogens is 222 g/mol. The predicted octanol–water partition coefficient (Wildman–Crippen LogP) is 3.18. The van der Waals surface area contributed by atoms with E-state index in [9.17, 15) is 0 Å². The molecule has 18 heavy (non-hydrogen) atoms. The first kappa shape index (κ1) is 12.8. The van der Waals surface area contributed by atoms with Crippen LogP contribution < -0.4 is 5.32 Å². The van der Waals surface area contributed by atoms with Crippen molar-refractivity contribution in [2.45, 2.75) is 26.8 Å². The van der Waals surface area contributed by atoms with Crippen LogP contribution in [0.5, 0.6) is 0 Å². The van der Waals surface area contributed by atoms with Gasteiger partial charge in [-0.1, -0.05) is 39.0 Å². The van der Waals surface area contributed by atoms with Crippen LogP contribution in [0.2, 0.25) is 0 Å². The summed E-state index contributed by atoms with van der Waals surface area (Å²) < 4.78 is 1.93. The lowest BCUT2D eigenvalue weighted by Gasteiger charge is -2.20. The smallest absolute Gasteiger partial charge is 0.0645 e. The maximum absolute atomic E-state index is 4.45. The van der Waals surface area contributed by atoms with E-state index in [-0.39, 0.29) is 0 Å². The van der Waals surface area contributed by atoms with Gasteiger partial charge in [0.05, 0.1) is 11.9 Å². The molecule has 0 saturated carbocycles. The van der Waals surface area contributed by atoms with Gasteiger partial charge in [0.1, 0.15) is 0 Å². The summed E-state index contributed by atoms with van der Waals surface area (Å²) in [4.78, 5) is 0. The second-order valence-corrected chi connectivity index (χ2v) is 4.83. The van der Waals surface area contributed by atoms with E-state index in [4.69, 9.17) is 0 Å². The van der Waals surface area contributed by atoms with Crippen molar-refractivity contribution >= 4 is 0 Å². The van der Waals surface area contributed by atoms with Crippen LogP contribution >= 0.6 is 0 Å². The fourth-order valence-corrected chi connectivity index (χ4v) is 2.18. The van der Waals surface area contributed by atoms with Gasteiger partial charge in [-0.25, -0.2) is 4.68 Å². The van der Waals surface area contributed by atoms with Crippen LogP contribution in [-0.4, -0.2) is 16.3 Å². The molecule has 2 aromatic rings. The minimum atomic E-state index is 0.368. The average Bonchev–Trinajstić information content (AvgIpc) is 2.86. The summed E-state index contributed by atoms with van der Waals surface area (Å²) in [5, 5.41) is 7.96. The Hall–Kier alpha value is -1.61. The Morgan fingerprint density at radius 3 is 2.56 bits per heavy atom. The lowest BCUT2D eigenvalue weighted by Crippen LogP contribution is -2.25. The molecule has 0 aliphatic carbocycles. The van der Waals surface area contributed by atoms with E-state index in [1.165, 1.54) is 5.56 Å². The van der Waals surface area contributed by atoms with Crippen LogP contribution in [0.1, 0.15) is 32.4 Å². The first-order valence-corrected chi connectivity index (χ1v) is 6.55. The van der Waals surface area contributed by atoms with Gasteiger partial charge in [-0.2, -0.15) is 5.10 Å². The molecule has 3 heteroatoms. The van der Waals surface area contributed by atoms with Crippen LogP contribution in [0.3, 0.4) is 0 Å². The summed E-state index contributed by atoms with van der Waals surface area (Å²) >= 11 is 0. The number of rotatable bonds is 5. The molecule has 0 aliphatic heterocycles. The van der Waals surface area contributed by atoms with Gasteiger partial charge in [-0.05, 0) is 24.6 Å². The Morgan fingerprint density at radius 1 is 1.22 bits per heavy atom. The summed E-state index contributed by atoms with van der Waals surface area (Å²) in [5.74, 6) is 0.554. The molecule has 0 amide bonds. The summed E-state index contributed by atoms with van der Waals surface area (Å²) in [5.41, 5.74) is 2.35. The molecule has 1 aromatic heterocycles. The molecule has 1 N–H and O–H groups in total. The molecular formula is C15H21N3. The predicted molar refractivity (Wildman–Crippen MR) is 74.8 cm³/mol. The number of hydrogen-bond acceptors (Lipinski definition) is 2. The van der Waals surface area contributed by atoms with Crippen molar-refractivity contribution in [2.24, 2.45) is 5.92 Å². The Kier molecular flexibility index (Phi) is 4.15. The Labute approximate surface area is 109 Å². The summed E-state index contributed by atoms with van der Waals surface area (Å²) in [6.07, 6.45) is 4.07. The Morgan fingerprint density at radius 2 is 1.94 bits per heavy atom. The number of benzene rings is 1. The monoisotopic (exact) mass is 243 g/mol. The number of nitrogens with zero attached hydrogens (tertiary/aromatic N) is 2. The third kappa shape index (κ3) is 2.79. The van der Waals surface area contributed by atoms with Crippen LogP contribution in [0.25, 0.3) is 5.69 Å². The Balaban J connectivity index is 2.24. The minimum absolute atomic E-state index is 0.368. The second kappa shape index (κ2) is 5.83. The van der Waals surface area contributed by atoms with E-state index in [0.717, 1.165) is 12.2 Å². The molecule has 2 rings (SSSR count). The van der Waals surface area contributed by atoms with E-state index >= 15 is 0 Å². The largest absolute Gasteiger partial charge is 0.310 e. The highest BCUT2D eigenvalue weighted by Crippen LogP contribution is 2.21. The van der Waals surface area contributed by atoms with Gasteiger partial charge < -0.3 is 5.32 Å². The van der Waals surface area contributed by atoms with Gasteiger partial charge in [0.15, 0.2) is 0 Å². The first-order valence-electron chi connectivity index (χ1n) is 6.55. The van der Waals surface area contributed by atoms with Crippen LogP contribution in [0.4, 0.5) is 0 Å². The van der Waals surface area contributed by atoms with Crippen LogP contribution in [0, 0.1) is 5.92 Å². The van der Waals surface area contributed by atoms with Gasteiger partial charge in [0.2, 0.25) is 0 Å². The first-order chi connectivity index (χ1) is 8.72. The highest BCUT2D eigenvalue weighted by molar-refractivity contribution is 5.31. The van der Waals surface area contributed by atoms with Gasteiger partial charge >= 0.3 is 0 Å². The van der Waals surface area contributed by atoms with Crippen LogP contribution in [-0.2, 0) is 0 Å². The molecule has 1 heterocycles.